The molecule has 0 saturated carbocycles. The maximum atomic E-state index is 4.39. The zero-order valence-corrected chi connectivity index (χ0v) is 12.1. The number of aryl methyl sites for hydroxylation is 1. The monoisotopic (exact) mass is 279 g/mol. The Morgan fingerprint density at radius 2 is 2.00 bits per heavy atom. The maximum absolute atomic E-state index is 4.39. The Bertz CT molecular complexity index is 704. The molecule has 3 aromatic rings. The summed E-state index contributed by atoms with van der Waals surface area (Å²) in [4.78, 5) is 8.30. The highest BCUT2D eigenvalue weighted by molar-refractivity contribution is 5.46. The Balaban J connectivity index is 1.75. The lowest BCUT2D eigenvalue weighted by molar-refractivity contribution is 0.840. The molecule has 0 radical (unpaired) electrons. The maximum Gasteiger partial charge on any atom is 0.155 e. The van der Waals surface area contributed by atoms with Crippen molar-refractivity contribution in [3.8, 4) is 5.82 Å². The predicted molar refractivity (Wildman–Crippen MR) is 82.4 cm³/mol. The van der Waals surface area contributed by atoms with Crippen LogP contribution in [0.5, 0.6) is 0 Å². The summed E-state index contributed by atoms with van der Waals surface area (Å²) in [6, 6.07) is 12.5. The van der Waals surface area contributed by atoms with Gasteiger partial charge in [0.25, 0.3) is 0 Å². The molecule has 2 aromatic heterocycles. The van der Waals surface area contributed by atoms with E-state index in [1.807, 2.05) is 18.3 Å². The molecule has 2 heterocycles. The minimum Gasteiger partial charge on any atom is -0.377 e. The van der Waals surface area contributed by atoms with Crippen molar-refractivity contribution in [2.24, 2.45) is 0 Å². The number of nitrogens with one attached hydrogen (secondary N) is 1. The zero-order valence-electron chi connectivity index (χ0n) is 12.1. The van der Waals surface area contributed by atoms with Crippen molar-refractivity contribution in [3.05, 3.63) is 66.4 Å². The van der Waals surface area contributed by atoms with E-state index in [9.17, 15) is 0 Å². The molecular weight excluding hydrogens is 262 g/mol. The van der Waals surface area contributed by atoms with Crippen LogP contribution < -0.4 is 5.32 Å². The van der Waals surface area contributed by atoms with E-state index in [2.05, 4.69) is 58.5 Å². The Kier molecular flexibility index (Phi) is 3.64. The molecule has 3 rings (SSSR count). The van der Waals surface area contributed by atoms with Crippen LogP contribution in [0.1, 0.15) is 24.1 Å². The Hall–Kier alpha value is -2.69. The van der Waals surface area contributed by atoms with Gasteiger partial charge in [-0.3, -0.25) is 0 Å². The normalized spacial score (nSPS) is 12.1. The molecule has 0 aliphatic carbocycles. The number of anilines is 1. The summed E-state index contributed by atoms with van der Waals surface area (Å²) in [5, 5.41) is 7.52. The molecule has 5 nitrogen and oxygen atoms in total. The van der Waals surface area contributed by atoms with Gasteiger partial charge in [0.15, 0.2) is 5.82 Å². The third kappa shape index (κ3) is 2.91. The van der Waals surface area contributed by atoms with E-state index in [0.29, 0.717) is 0 Å². The minimum atomic E-state index is 0.227. The number of hydrogen-bond donors (Lipinski definition) is 1. The third-order valence-electron chi connectivity index (χ3n) is 3.44. The van der Waals surface area contributed by atoms with E-state index in [0.717, 1.165) is 11.5 Å². The second kappa shape index (κ2) is 5.75. The zero-order chi connectivity index (χ0) is 14.7. The SMILES string of the molecule is Cc1ccccc1C(C)Nc1ccc(-n2cncn2)nc1. The van der Waals surface area contributed by atoms with Crippen molar-refractivity contribution in [2.75, 3.05) is 5.32 Å². The first-order valence-corrected chi connectivity index (χ1v) is 6.87. The lowest BCUT2D eigenvalue weighted by Gasteiger charge is -2.17. The molecule has 0 aliphatic heterocycles. The van der Waals surface area contributed by atoms with Crippen LogP contribution in [0.25, 0.3) is 5.82 Å². The topological polar surface area (TPSA) is 55.6 Å². The highest BCUT2D eigenvalue weighted by Crippen LogP contribution is 2.21. The molecule has 0 bridgehead atoms. The Morgan fingerprint density at radius 1 is 1.14 bits per heavy atom. The molecule has 5 heteroatoms. The van der Waals surface area contributed by atoms with E-state index in [1.54, 1.807) is 11.0 Å². The van der Waals surface area contributed by atoms with E-state index >= 15 is 0 Å². The quantitative estimate of drug-likeness (QED) is 0.797. The molecule has 1 atom stereocenters. The minimum absolute atomic E-state index is 0.227. The van der Waals surface area contributed by atoms with Crippen LogP contribution in [0.3, 0.4) is 0 Å². The van der Waals surface area contributed by atoms with Gasteiger partial charge >= 0.3 is 0 Å². The lowest BCUT2D eigenvalue weighted by Crippen LogP contribution is -2.08. The highest BCUT2D eigenvalue weighted by Gasteiger charge is 2.08. The van der Waals surface area contributed by atoms with E-state index in [-0.39, 0.29) is 6.04 Å². The van der Waals surface area contributed by atoms with Gasteiger partial charge in [-0.2, -0.15) is 5.10 Å². The molecule has 1 N–H and O–H groups in total. The second-order valence-electron chi connectivity index (χ2n) is 4.97. The van der Waals surface area contributed by atoms with Gasteiger partial charge in [0, 0.05) is 6.04 Å². The molecule has 106 valence electrons. The predicted octanol–water partition coefficient (Wildman–Crippen LogP) is 3.14. The van der Waals surface area contributed by atoms with Gasteiger partial charge in [-0.15, -0.1) is 0 Å². The fraction of sp³-hybridized carbons (Fsp3) is 0.188. The number of nitrogens with zero attached hydrogens (tertiary/aromatic N) is 4. The summed E-state index contributed by atoms with van der Waals surface area (Å²) < 4.78 is 1.63. The lowest BCUT2D eigenvalue weighted by atomic mass is 10.0. The molecule has 0 saturated heterocycles. The van der Waals surface area contributed by atoms with Crippen LogP contribution in [0.4, 0.5) is 5.69 Å². The first-order valence-electron chi connectivity index (χ1n) is 6.87. The average Bonchev–Trinajstić information content (AvgIpc) is 3.02. The van der Waals surface area contributed by atoms with Gasteiger partial charge in [-0.1, -0.05) is 24.3 Å². The number of pyridine rings is 1. The number of aromatic nitrogens is 4. The summed E-state index contributed by atoms with van der Waals surface area (Å²) >= 11 is 0. The second-order valence-corrected chi connectivity index (χ2v) is 4.97. The Morgan fingerprint density at radius 3 is 2.67 bits per heavy atom. The summed E-state index contributed by atoms with van der Waals surface area (Å²) in [6.07, 6.45) is 4.94. The van der Waals surface area contributed by atoms with Crippen LogP contribution in [0, 0.1) is 6.92 Å². The first kappa shape index (κ1) is 13.3. The van der Waals surface area contributed by atoms with Crippen molar-refractivity contribution >= 4 is 5.69 Å². The smallest absolute Gasteiger partial charge is 0.155 e. The van der Waals surface area contributed by atoms with Gasteiger partial charge in [0.1, 0.15) is 12.7 Å². The van der Waals surface area contributed by atoms with Gasteiger partial charge in [0.2, 0.25) is 0 Å². The van der Waals surface area contributed by atoms with Gasteiger partial charge < -0.3 is 5.32 Å². The van der Waals surface area contributed by atoms with E-state index in [4.69, 9.17) is 0 Å². The van der Waals surface area contributed by atoms with Crippen molar-refractivity contribution < 1.29 is 0 Å². The molecule has 0 fully saturated rings. The molecule has 0 amide bonds. The number of benzene rings is 1. The molecule has 1 aromatic carbocycles. The molecule has 1 unspecified atom stereocenters. The van der Waals surface area contributed by atoms with Gasteiger partial charge in [-0.25, -0.2) is 14.6 Å². The third-order valence-corrected chi connectivity index (χ3v) is 3.44. The summed E-state index contributed by atoms with van der Waals surface area (Å²) in [5.74, 6) is 0.751. The van der Waals surface area contributed by atoms with Crippen LogP contribution >= 0.6 is 0 Å². The van der Waals surface area contributed by atoms with Crippen molar-refractivity contribution in [1.29, 1.82) is 0 Å². The van der Waals surface area contributed by atoms with Gasteiger partial charge in [-0.05, 0) is 37.1 Å². The standard InChI is InChI=1S/C16H17N5/c1-12-5-3-4-6-15(12)13(2)20-14-7-8-16(18-9-14)21-11-17-10-19-21/h3-11,13,20H,1-2H3. The fourth-order valence-corrected chi connectivity index (χ4v) is 2.33. The number of rotatable bonds is 4. The number of hydrogen-bond acceptors (Lipinski definition) is 4. The molecule has 21 heavy (non-hydrogen) atoms. The largest absolute Gasteiger partial charge is 0.377 e. The van der Waals surface area contributed by atoms with Crippen molar-refractivity contribution in [1.82, 2.24) is 19.7 Å². The van der Waals surface area contributed by atoms with Crippen LogP contribution in [-0.2, 0) is 0 Å². The van der Waals surface area contributed by atoms with Crippen LogP contribution in [0.2, 0.25) is 0 Å². The summed E-state index contributed by atoms with van der Waals surface area (Å²) in [5.41, 5.74) is 3.55. The van der Waals surface area contributed by atoms with Crippen molar-refractivity contribution in [2.45, 2.75) is 19.9 Å². The Labute approximate surface area is 123 Å². The molecule has 0 aliphatic rings. The van der Waals surface area contributed by atoms with Crippen LogP contribution in [0.15, 0.2) is 55.2 Å². The van der Waals surface area contributed by atoms with E-state index < -0.39 is 0 Å². The summed E-state index contributed by atoms with van der Waals surface area (Å²) in [6.45, 7) is 4.27. The molecular formula is C16H17N5. The van der Waals surface area contributed by atoms with Crippen LogP contribution in [-0.4, -0.2) is 19.7 Å². The average molecular weight is 279 g/mol. The first-order chi connectivity index (χ1) is 10.2. The fourth-order valence-electron chi connectivity index (χ4n) is 2.33. The molecule has 0 spiro atoms. The van der Waals surface area contributed by atoms with Crippen molar-refractivity contribution in [3.63, 3.8) is 0 Å². The van der Waals surface area contributed by atoms with Gasteiger partial charge in [0.05, 0.1) is 11.9 Å². The van der Waals surface area contributed by atoms with E-state index in [1.165, 1.54) is 17.5 Å². The highest BCUT2D eigenvalue weighted by atomic mass is 15.3. The summed E-state index contributed by atoms with van der Waals surface area (Å²) in [7, 11) is 0.